The van der Waals surface area contributed by atoms with Crippen LogP contribution in [-0.4, -0.2) is 49.9 Å². The second-order valence-corrected chi connectivity index (χ2v) is 10.4. The van der Waals surface area contributed by atoms with Crippen LogP contribution in [0.25, 0.3) is 22.1 Å². The van der Waals surface area contributed by atoms with Gasteiger partial charge in [0.1, 0.15) is 17.1 Å². The van der Waals surface area contributed by atoms with Gasteiger partial charge in [0.25, 0.3) is 5.91 Å². The van der Waals surface area contributed by atoms with Gasteiger partial charge < -0.3 is 14.1 Å². The summed E-state index contributed by atoms with van der Waals surface area (Å²) in [5.74, 6) is 0.659. The Balaban J connectivity index is 1.56. The second kappa shape index (κ2) is 8.43. The summed E-state index contributed by atoms with van der Waals surface area (Å²) in [6, 6.07) is 13.9. The highest BCUT2D eigenvalue weighted by molar-refractivity contribution is 7.91. The van der Waals surface area contributed by atoms with E-state index in [2.05, 4.69) is 0 Å². The van der Waals surface area contributed by atoms with E-state index in [0.29, 0.717) is 34.5 Å². The van der Waals surface area contributed by atoms with Crippen LogP contribution in [0, 0.1) is 6.92 Å². The maximum atomic E-state index is 13.1. The molecular formula is C24H25NO6S. The van der Waals surface area contributed by atoms with E-state index < -0.39 is 15.9 Å². The van der Waals surface area contributed by atoms with E-state index in [-0.39, 0.29) is 28.9 Å². The molecule has 7 nitrogen and oxygen atoms in total. The summed E-state index contributed by atoms with van der Waals surface area (Å²) in [4.78, 5) is 27.3. The van der Waals surface area contributed by atoms with Crippen LogP contribution in [-0.2, 0) is 14.6 Å². The molecule has 0 N–H and O–H groups in total. The quantitative estimate of drug-likeness (QED) is 0.587. The first kappa shape index (κ1) is 22.1. The molecular weight excluding hydrogens is 430 g/mol. The number of nitrogens with zero attached hydrogens (tertiary/aromatic N) is 1. The van der Waals surface area contributed by atoms with Crippen molar-refractivity contribution in [2.75, 3.05) is 18.6 Å². The van der Waals surface area contributed by atoms with Crippen molar-refractivity contribution in [3.63, 3.8) is 0 Å². The molecule has 1 fully saturated rings. The maximum absolute atomic E-state index is 13.1. The Morgan fingerprint density at radius 3 is 2.56 bits per heavy atom. The minimum absolute atomic E-state index is 0.0217. The molecule has 4 rings (SSSR count). The SMILES string of the molecule is Cc1oc2cc(O[C@H](C)C(=O)N(C)[C@H]3CCS(=O)(=O)C3)ccc2c(=O)c1-c1ccccc1. The number of aryl methyl sites for hydroxylation is 1. The van der Waals surface area contributed by atoms with E-state index in [4.69, 9.17) is 9.15 Å². The van der Waals surface area contributed by atoms with Crippen LogP contribution in [0.15, 0.2) is 57.7 Å². The third-order valence-electron chi connectivity index (χ3n) is 5.87. The summed E-state index contributed by atoms with van der Waals surface area (Å²) in [6.07, 6.45) is -0.390. The van der Waals surface area contributed by atoms with E-state index in [0.717, 1.165) is 5.56 Å². The topological polar surface area (TPSA) is 93.9 Å². The fourth-order valence-corrected chi connectivity index (χ4v) is 5.87. The molecule has 2 heterocycles. The number of carbonyl (C=O) groups is 1. The van der Waals surface area contributed by atoms with Gasteiger partial charge in [-0.2, -0.15) is 0 Å². The molecule has 0 aliphatic carbocycles. The van der Waals surface area contributed by atoms with Gasteiger partial charge in [0.15, 0.2) is 15.9 Å². The Kier molecular flexibility index (Phi) is 5.81. The van der Waals surface area contributed by atoms with Gasteiger partial charge in [0, 0.05) is 19.2 Å². The van der Waals surface area contributed by atoms with Gasteiger partial charge in [0.2, 0.25) is 5.43 Å². The predicted molar refractivity (Wildman–Crippen MR) is 123 cm³/mol. The first-order valence-corrected chi connectivity index (χ1v) is 12.2. The molecule has 2 aromatic carbocycles. The zero-order chi connectivity index (χ0) is 23.0. The maximum Gasteiger partial charge on any atom is 0.263 e. The number of ether oxygens (including phenoxy) is 1. The lowest BCUT2D eigenvalue weighted by Gasteiger charge is -2.26. The lowest BCUT2D eigenvalue weighted by atomic mass is 10.0. The van der Waals surface area contributed by atoms with Crippen LogP contribution >= 0.6 is 0 Å². The molecule has 1 aliphatic rings. The molecule has 0 spiro atoms. The number of sulfone groups is 1. The Hall–Kier alpha value is -3.13. The molecule has 3 aromatic rings. The smallest absolute Gasteiger partial charge is 0.263 e. The van der Waals surface area contributed by atoms with Crippen molar-refractivity contribution in [1.29, 1.82) is 0 Å². The third-order valence-corrected chi connectivity index (χ3v) is 7.62. The monoisotopic (exact) mass is 455 g/mol. The second-order valence-electron chi connectivity index (χ2n) is 8.15. The number of hydrogen-bond acceptors (Lipinski definition) is 6. The molecule has 0 bridgehead atoms. The van der Waals surface area contributed by atoms with Crippen LogP contribution in [0.1, 0.15) is 19.1 Å². The van der Waals surface area contributed by atoms with Crippen LogP contribution in [0.2, 0.25) is 0 Å². The Bertz CT molecular complexity index is 1330. The zero-order valence-corrected chi connectivity index (χ0v) is 19.0. The number of rotatable bonds is 5. The van der Waals surface area contributed by atoms with Crippen molar-refractivity contribution in [2.24, 2.45) is 0 Å². The largest absolute Gasteiger partial charge is 0.481 e. The van der Waals surface area contributed by atoms with Crippen molar-refractivity contribution >= 4 is 26.7 Å². The third kappa shape index (κ3) is 4.27. The van der Waals surface area contributed by atoms with Gasteiger partial charge in [-0.05, 0) is 38.0 Å². The van der Waals surface area contributed by atoms with Crippen LogP contribution in [0.3, 0.4) is 0 Å². The Morgan fingerprint density at radius 1 is 1.19 bits per heavy atom. The predicted octanol–water partition coefficient (Wildman–Crippen LogP) is 3.18. The molecule has 8 heteroatoms. The van der Waals surface area contributed by atoms with E-state index >= 15 is 0 Å². The van der Waals surface area contributed by atoms with Gasteiger partial charge in [-0.15, -0.1) is 0 Å². The lowest BCUT2D eigenvalue weighted by Crippen LogP contribution is -2.44. The standard InChI is InChI=1S/C24H25NO6S/c1-15-22(17-7-5-4-6-8-17)23(26)20-10-9-19(13-21(20)31-15)30-16(2)24(27)25(3)18-11-12-32(28,29)14-18/h4-10,13,16,18H,11-12,14H2,1-3H3/t16-,18+/m1/s1. The van der Waals surface area contributed by atoms with Crippen molar-refractivity contribution in [3.8, 4) is 16.9 Å². The van der Waals surface area contributed by atoms with Gasteiger partial charge in [0.05, 0.1) is 22.5 Å². The van der Waals surface area contributed by atoms with E-state index in [1.165, 1.54) is 4.90 Å². The summed E-state index contributed by atoms with van der Waals surface area (Å²) in [5, 5.41) is 0.425. The van der Waals surface area contributed by atoms with E-state index in [1.54, 1.807) is 39.1 Å². The normalized spacial score (nSPS) is 18.4. The van der Waals surface area contributed by atoms with Crippen molar-refractivity contribution in [1.82, 2.24) is 4.90 Å². The van der Waals surface area contributed by atoms with Gasteiger partial charge >= 0.3 is 0 Å². The summed E-state index contributed by atoms with van der Waals surface area (Å²) in [6.45, 7) is 3.36. The Morgan fingerprint density at radius 2 is 1.91 bits per heavy atom. The van der Waals surface area contributed by atoms with Crippen molar-refractivity contribution in [3.05, 3.63) is 64.5 Å². The summed E-state index contributed by atoms with van der Waals surface area (Å²) < 4.78 is 35.2. The highest BCUT2D eigenvalue weighted by Crippen LogP contribution is 2.27. The molecule has 1 aliphatic heterocycles. The highest BCUT2D eigenvalue weighted by Gasteiger charge is 2.34. The molecule has 0 unspecified atom stereocenters. The molecule has 1 aromatic heterocycles. The molecule has 1 amide bonds. The minimum Gasteiger partial charge on any atom is -0.481 e. The summed E-state index contributed by atoms with van der Waals surface area (Å²) in [7, 11) is -1.49. The molecule has 0 radical (unpaired) electrons. The zero-order valence-electron chi connectivity index (χ0n) is 18.2. The van der Waals surface area contributed by atoms with E-state index in [9.17, 15) is 18.0 Å². The lowest BCUT2D eigenvalue weighted by molar-refractivity contribution is -0.138. The first-order chi connectivity index (χ1) is 15.2. The molecule has 32 heavy (non-hydrogen) atoms. The highest BCUT2D eigenvalue weighted by atomic mass is 32.2. The average molecular weight is 456 g/mol. The summed E-state index contributed by atoms with van der Waals surface area (Å²) in [5.41, 5.74) is 1.55. The number of amides is 1. The number of likely N-dealkylation sites (N-methyl/N-ethyl adjacent to an activating group) is 1. The number of fused-ring (bicyclic) bond motifs is 1. The van der Waals surface area contributed by atoms with Gasteiger partial charge in [-0.3, -0.25) is 9.59 Å². The molecule has 2 atom stereocenters. The minimum atomic E-state index is -3.09. The van der Waals surface area contributed by atoms with Crippen molar-refractivity contribution in [2.45, 2.75) is 32.4 Å². The first-order valence-electron chi connectivity index (χ1n) is 10.4. The van der Waals surface area contributed by atoms with Gasteiger partial charge in [-0.25, -0.2) is 8.42 Å². The number of carbonyl (C=O) groups excluding carboxylic acids is 1. The fourth-order valence-electron chi connectivity index (χ4n) is 4.10. The molecule has 0 saturated carbocycles. The van der Waals surface area contributed by atoms with Crippen molar-refractivity contribution < 1.29 is 22.4 Å². The van der Waals surface area contributed by atoms with Crippen LogP contribution in [0.5, 0.6) is 5.75 Å². The molecule has 168 valence electrons. The van der Waals surface area contributed by atoms with Crippen LogP contribution in [0.4, 0.5) is 0 Å². The average Bonchev–Trinajstić information content (AvgIpc) is 3.13. The van der Waals surface area contributed by atoms with Gasteiger partial charge in [-0.1, -0.05) is 30.3 Å². The fraction of sp³-hybridized carbons (Fsp3) is 0.333. The Labute approximate surface area is 186 Å². The van der Waals surface area contributed by atoms with E-state index in [1.807, 2.05) is 30.3 Å². The number of benzene rings is 2. The number of hydrogen-bond donors (Lipinski definition) is 0. The summed E-state index contributed by atoms with van der Waals surface area (Å²) >= 11 is 0. The molecule has 1 saturated heterocycles. The van der Waals surface area contributed by atoms with Crippen LogP contribution < -0.4 is 10.2 Å².